The van der Waals surface area contributed by atoms with Gasteiger partial charge in [-0.15, -0.1) is 11.3 Å². The first-order chi connectivity index (χ1) is 19.0. The van der Waals surface area contributed by atoms with Gasteiger partial charge in [0.2, 0.25) is 5.91 Å². The van der Waals surface area contributed by atoms with Crippen molar-refractivity contribution in [2.45, 2.75) is 19.8 Å². The van der Waals surface area contributed by atoms with Crippen molar-refractivity contribution in [3.63, 3.8) is 0 Å². The molecule has 0 aliphatic heterocycles. The Hall–Kier alpha value is -4.77. The topological polar surface area (TPSA) is 129 Å². The lowest BCUT2D eigenvalue weighted by molar-refractivity contribution is -0.117. The SMILES string of the molecule is CC(=O)c1ccc(-c2nccc3[nH]c(-c4n[nH]c5ccc(-c6cncc(NC(=O)C7CC7)c6)c(F)c45)nc23)s1. The Balaban J connectivity index is 1.30. The molecular formula is C28H20FN7O2S. The summed E-state index contributed by atoms with van der Waals surface area (Å²) < 4.78 is 16.1. The van der Waals surface area contributed by atoms with Crippen molar-refractivity contribution in [1.82, 2.24) is 30.1 Å². The summed E-state index contributed by atoms with van der Waals surface area (Å²) in [5.41, 5.74) is 4.16. The molecule has 0 unspecified atom stereocenters. The number of ketones is 1. The number of aromatic nitrogens is 6. The maximum Gasteiger partial charge on any atom is 0.227 e. The van der Waals surface area contributed by atoms with E-state index in [1.165, 1.54) is 18.3 Å². The van der Waals surface area contributed by atoms with Crippen molar-refractivity contribution in [3.8, 4) is 33.2 Å². The van der Waals surface area contributed by atoms with Gasteiger partial charge in [0.15, 0.2) is 11.6 Å². The van der Waals surface area contributed by atoms with Crippen LogP contribution < -0.4 is 5.32 Å². The van der Waals surface area contributed by atoms with Crippen LogP contribution in [0.2, 0.25) is 0 Å². The average Bonchev–Trinajstić information content (AvgIpc) is 3.32. The zero-order valence-electron chi connectivity index (χ0n) is 20.6. The van der Waals surface area contributed by atoms with E-state index < -0.39 is 5.82 Å². The van der Waals surface area contributed by atoms with Gasteiger partial charge in [-0.3, -0.25) is 24.7 Å². The number of carbonyl (C=O) groups is 2. The van der Waals surface area contributed by atoms with Crippen LogP contribution in [0, 0.1) is 11.7 Å². The van der Waals surface area contributed by atoms with Gasteiger partial charge < -0.3 is 10.3 Å². The molecule has 1 aliphatic rings. The molecule has 5 heterocycles. The Morgan fingerprint density at radius 1 is 1.08 bits per heavy atom. The third kappa shape index (κ3) is 4.07. The molecule has 7 rings (SSSR count). The van der Waals surface area contributed by atoms with E-state index in [9.17, 15) is 9.59 Å². The number of rotatable bonds is 6. The number of imidazole rings is 1. The highest BCUT2D eigenvalue weighted by atomic mass is 32.1. The highest BCUT2D eigenvalue weighted by Crippen LogP contribution is 2.37. The summed E-state index contributed by atoms with van der Waals surface area (Å²) in [6, 6.07) is 10.5. The Bertz CT molecular complexity index is 1940. The molecule has 0 bridgehead atoms. The monoisotopic (exact) mass is 537 g/mol. The molecule has 6 aromatic rings. The summed E-state index contributed by atoms with van der Waals surface area (Å²) in [6.07, 6.45) is 6.55. The summed E-state index contributed by atoms with van der Waals surface area (Å²) in [5, 5.41) is 10.4. The van der Waals surface area contributed by atoms with Crippen LogP contribution in [0.5, 0.6) is 0 Å². The summed E-state index contributed by atoms with van der Waals surface area (Å²) >= 11 is 1.35. The Labute approximate surface area is 224 Å². The van der Waals surface area contributed by atoms with E-state index in [1.54, 1.807) is 48.9 Å². The molecule has 0 radical (unpaired) electrons. The highest BCUT2D eigenvalue weighted by molar-refractivity contribution is 7.17. The molecule has 11 heteroatoms. The first-order valence-corrected chi connectivity index (χ1v) is 13.2. The van der Waals surface area contributed by atoms with Gasteiger partial charge in [0, 0.05) is 29.4 Å². The van der Waals surface area contributed by atoms with Gasteiger partial charge in [-0.05, 0) is 56.2 Å². The second kappa shape index (κ2) is 8.91. The first-order valence-electron chi connectivity index (χ1n) is 12.4. The standard InChI is InChI=1S/C28H20FN7O2S/c1-13(37)20-6-7-21(39-20)25-24-19(8-9-31-25)33-27(34-24)26-22-18(35-36-26)5-4-17(23(22)29)15-10-16(12-30-11-15)32-28(38)14-2-3-14/h4-12,14H,2-3H2,1H3,(H,32,38)(H,33,34)(H,35,36). The van der Waals surface area contributed by atoms with E-state index in [0.29, 0.717) is 55.5 Å². The Kier molecular flexibility index (Phi) is 5.34. The minimum absolute atomic E-state index is 0.0126. The quantitative estimate of drug-likeness (QED) is 0.224. The van der Waals surface area contributed by atoms with E-state index in [1.807, 2.05) is 6.07 Å². The number of amides is 1. The molecule has 3 N–H and O–H groups in total. The van der Waals surface area contributed by atoms with Crippen molar-refractivity contribution in [2.24, 2.45) is 5.92 Å². The van der Waals surface area contributed by atoms with E-state index >= 15 is 4.39 Å². The van der Waals surface area contributed by atoms with Crippen LogP contribution in [0.15, 0.2) is 55.0 Å². The van der Waals surface area contributed by atoms with Gasteiger partial charge in [0.1, 0.15) is 22.7 Å². The predicted octanol–water partition coefficient (Wildman–Crippen LogP) is 5.98. The molecule has 0 spiro atoms. The van der Waals surface area contributed by atoms with E-state index in [2.05, 4.69) is 30.5 Å². The second-order valence-electron chi connectivity index (χ2n) is 9.51. The lowest BCUT2D eigenvalue weighted by atomic mass is 10.0. The minimum atomic E-state index is -0.480. The number of aromatic amines is 2. The molecule has 1 aliphatic carbocycles. The molecule has 1 fully saturated rings. The number of halogens is 1. The molecule has 0 saturated heterocycles. The van der Waals surface area contributed by atoms with Crippen molar-refractivity contribution >= 4 is 50.7 Å². The lowest BCUT2D eigenvalue weighted by Gasteiger charge is -2.08. The number of Topliss-reactive ketones (excluding diaryl/α,β-unsaturated/α-hetero) is 1. The van der Waals surface area contributed by atoms with E-state index in [0.717, 1.165) is 17.7 Å². The van der Waals surface area contributed by atoms with Crippen LogP contribution in [0.1, 0.15) is 29.4 Å². The molecule has 192 valence electrons. The predicted molar refractivity (Wildman–Crippen MR) is 147 cm³/mol. The van der Waals surface area contributed by atoms with Gasteiger partial charge in [0.25, 0.3) is 0 Å². The van der Waals surface area contributed by atoms with Gasteiger partial charge in [-0.1, -0.05) is 0 Å². The molecule has 0 atom stereocenters. The number of anilines is 1. The third-order valence-corrected chi connectivity index (χ3v) is 7.94. The van der Waals surface area contributed by atoms with Gasteiger partial charge in [-0.2, -0.15) is 5.10 Å². The lowest BCUT2D eigenvalue weighted by Crippen LogP contribution is -2.13. The summed E-state index contributed by atoms with van der Waals surface area (Å²) in [5.74, 6) is -0.103. The summed E-state index contributed by atoms with van der Waals surface area (Å²) in [6.45, 7) is 1.53. The largest absolute Gasteiger partial charge is 0.336 e. The molecule has 1 amide bonds. The highest BCUT2D eigenvalue weighted by Gasteiger charge is 2.29. The van der Waals surface area contributed by atoms with Crippen LogP contribution in [-0.2, 0) is 4.79 Å². The van der Waals surface area contributed by atoms with Gasteiger partial charge in [-0.25, -0.2) is 9.37 Å². The fourth-order valence-electron chi connectivity index (χ4n) is 4.59. The van der Waals surface area contributed by atoms with Crippen molar-refractivity contribution in [3.05, 3.63) is 65.7 Å². The smallest absolute Gasteiger partial charge is 0.227 e. The average molecular weight is 538 g/mol. The molecule has 9 nitrogen and oxygen atoms in total. The number of hydrogen-bond donors (Lipinski definition) is 3. The zero-order chi connectivity index (χ0) is 26.7. The van der Waals surface area contributed by atoms with Gasteiger partial charge in [0.05, 0.1) is 38.1 Å². The van der Waals surface area contributed by atoms with Crippen LogP contribution >= 0.6 is 11.3 Å². The Morgan fingerprint density at radius 2 is 1.95 bits per heavy atom. The van der Waals surface area contributed by atoms with Crippen LogP contribution in [0.4, 0.5) is 10.1 Å². The minimum Gasteiger partial charge on any atom is -0.336 e. The van der Waals surface area contributed by atoms with E-state index in [-0.39, 0.29) is 23.0 Å². The number of benzene rings is 1. The zero-order valence-corrected chi connectivity index (χ0v) is 21.4. The van der Waals surface area contributed by atoms with Crippen molar-refractivity contribution in [2.75, 3.05) is 5.32 Å². The number of thiophene rings is 1. The third-order valence-electron chi connectivity index (χ3n) is 6.74. The number of fused-ring (bicyclic) bond motifs is 2. The molecule has 39 heavy (non-hydrogen) atoms. The number of nitrogens with zero attached hydrogens (tertiary/aromatic N) is 4. The normalized spacial score (nSPS) is 13.3. The van der Waals surface area contributed by atoms with Crippen molar-refractivity contribution < 1.29 is 14.0 Å². The molecule has 5 aromatic heterocycles. The fourth-order valence-corrected chi connectivity index (χ4v) is 5.49. The molecule has 1 saturated carbocycles. The number of H-pyrrole nitrogens is 2. The summed E-state index contributed by atoms with van der Waals surface area (Å²) in [4.78, 5) is 42.1. The van der Waals surface area contributed by atoms with Crippen LogP contribution in [0.25, 0.3) is 55.2 Å². The second-order valence-corrected chi connectivity index (χ2v) is 10.6. The molecule has 1 aromatic carbocycles. The first kappa shape index (κ1) is 23.4. The van der Waals surface area contributed by atoms with Crippen molar-refractivity contribution in [1.29, 1.82) is 0 Å². The molecular weight excluding hydrogens is 517 g/mol. The van der Waals surface area contributed by atoms with E-state index in [4.69, 9.17) is 4.98 Å². The fraction of sp³-hybridized carbons (Fsp3) is 0.143. The maximum atomic E-state index is 16.1. The number of nitrogens with one attached hydrogen (secondary N) is 3. The number of pyridine rings is 2. The Morgan fingerprint density at radius 3 is 2.74 bits per heavy atom. The maximum absolute atomic E-state index is 16.1. The summed E-state index contributed by atoms with van der Waals surface area (Å²) in [7, 11) is 0. The van der Waals surface area contributed by atoms with Gasteiger partial charge >= 0.3 is 0 Å². The number of hydrogen-bond acceptors (Lipinski definition) is 7. The number of carbonyl (C=O) groups excluding carboxylic acids is 2. The van der Waals surface area contributed by atoms with Crippen LogP contribution in [0.3, 0.4) is 0 Å². The van der Waals surface area contributed by atoms with Crippen LogP contribution in [-0.4, -0.2) is 41.8 Å².